The van der Waals surface area contributed by atoms with E-state index in [1.165, 1.54) is 5.56 Å². The lowest BCUT2D eigenvalue weighted by atomic mass is 10.1. The van der Waals surface area contributed by atoms with Crippen LogP contribution >= 0.6 is 0 Å². The molecule has 15 heavy (non-hydrogen) atoms. The van der Waals surface area contributed by atoms with Gasteiger partial charge < -0.3 is 5.32 Å². The molecular weight excluding hydrogens is 188 g/mol. The van der Waals surface area contributed by atoms with E-state index >= 15 is 0 Å². The third kappa shape index (κ3) is 1.21. The zero-order chi connectivity index (χ0) is 10.3. The molecule has 0 saturated carbocycles. The molecule has 4 nitrogen and oxygen atoms in total. The molecule has 1 aliphatic heterocycles. The Morgan fingerprint density at radius 2 is 2.33 bits per heavy atom. The van der Waals surface area contributed by atoms with Gasteiger partial charge in [0.2, 0.25) is 0 Å². The van der Waals surface area contributed by atoms with Crippen molar-refractivity contribution in [1.29, 1.82) is 0 Å². The van der Waals surface area contributed by atoms with Crippen molar-refractivity contribution in [2.24, 2.45) is 7.05 Å². The van der Waals surface area contributed by atoms with E-state index in [-0.39, 0.29) is 0 Å². The molecule has 0 bridgehead atoms. The van der Waals surface area contributed by atoms with Gasteiger partial charge in [0.1, 0.15) is 11.5 Å². The Kier molecular flexibility index (Phi) is 1.74. The number of rotatable bonds is 1. The molecule has 0 radical (unpaired) electrons. The molecule has 1 aliphatic rings. The molecule has 3 heterocycles. The molecule has 2 aromatic rings. The van der Waals surface area contributed by atoms with Gasteiger partial charge in [0, 0.05) is 25.4 Å². The Morgan fingerprint density at radius 3 is 3.13 bits per heavy atom. The highest BCUT2D eigenvalue weighted by atomic mass is 15.3. The van der Waals surface area contributed by atoms with Gasteiger partial charge in [0.05, 0.1) is 5.69 Å². The molecule has 3 rings (SSSR count). The average Bonchev–Trinajstić information content (AvgIpc) is 2.84. The summed E-state index contributed by atoms with van der Waals surface area (Å²) in [5, 5.41) is 7.83. The first-order valence-electron chi connectivity index (χ1n) is 5.07. The van der Waals surface area contributed by atoms with Crippen LogP contribution in [0.1, 0.15) is 5.56 Å². The SMILES string of the molecule is Cn1nc(-c2ccccn2)c2c1NCC2. The first-order chi connectivity index (χ1) is 7.36. The third-order valence-electron chi connectivity index (χ3n) is 2.72. The summed E-state index contributed by atoms with van der Waals surface area (Å²) in [6, 6.07) is 5.91. The summed E-state index contributed by atoms with van der Waals surface area (Å²) in [4.78, 5) is 4.34. The largest absolute Gasteiger partial charge is 0.370 e. The summed E-state index contributed by atoms with van der Waals surface area (Å²) < 4.78 is 1.90. The van der Waals surface area contributed by atoms with Crippen molar-refractivity contribution in [3.05, 3.63) is 30.0 Å². The predicted octanol–water partition coefficient (Wildman–Crippen LogP) is 1.45. The van der Waals surface area contributed by atoms with Crippen LogP contribution in [0.25, 0.3) is 11.4 Å². The summed E-state index contributed by atoms with van der Waals surface area (Å²) in [5.74, 6) is 1.13. The van der Waals surface area contributed by atoms with E-state index in [4.69, 9.17) is 0 Å². The molecular formula is C11H12N4. The van der Waals surface area contributed by atoms with Crippen molar-refractivity contribution < 1.29 is 0 Å². The van der Waals surface area contributed by atoms with Crippen LogP contribution in [0, 0.1) is 0 Å². The summed E-state index contributed by atoms with van der Waals surface area (Å²) >= 11 is 0. The predicted molar refractivity (Wildman–Crippen MR) is 58.6 cm³/mol. The van der Waals surface area contributed by atoms with E-state index in [0.717, 1.165) is 30.2 Å². The van der Waals surface area contributed by atoms with Crippen molar-refractivity contribution in [2.45, 2.75) is 6.42 Å². The second-order valence-electron chi connectivity index (χ2n) is 3.69. The monoisotopic (exact) mass is 200 g/mol. The fourth-order valence-corrected chi connectivity index (χ4v) is 2.04. The summed E-state index contributed by atoms with van der Waals surface area (Å²) in [5.41, 5.74) is 3.26. The number of hydrogen-bond donors (Lipinski definition) is 1. The van der Waals surface area contributed by atoms with Crippen LogP contribution in [-0.4, -0.2) is 21.3 Å². The zero-order valence-corrected chi connectivity index (χ0v) is 8.57. The van der Waals surface area contributed by atoms with Crippen LogP contribution in [0.15, 0.2) is 24.4 Å². The lowest BCUT2D eigenvalue weighted by molar-refractivity contribution is 0.774. The maximum absolute atomic E-state index is 4.49. The van der Waals surface area contributed by atoms with Crippen LogP contribution in [-0.2, 0) is 13.5 Å². The number of aromatic nitrogens is 3. The Balaban J connectivity index is 2.18. The normalized spacial score (nSPS) is 13.7. The second-order valence-corrected chi connectivity index (χ2v) is 3.69. The lowest BCUT2D eigenvalue weighted by Gasteiger charge is -1.97. The Bertz CT molecular complexity index is 487. The first kappa shape index (κ1) is 8.47. The second kappa shape index (κ2) is 3.08. The van der Waals surface area contributed by atoms with Crippen LogP contribution in [0.4, 0.5) is 5.82 Å². The highest BCUT2D eigenvalue weighted by Crippen LogP contribution is 2.30. The topological polar surface area (TPSA) is 42.7 Å². The maximum atomic E-state index is 4.49. The number of nitrogens with one attached hydrogen (secondary N) is 1. The number of anilines is 1. The molecule has 2 aromatic heterocycles. The zero-order valence-electron chi connectivity index (χ0n) is 8.57. The Morgan fingerprint density at radius 1 is 1.40 bits per heavy atom. The smallest absolute Gasteiger partial charge is 0.127 e. The van der Waals surface area contributed by atoms with Crippen molar-refractivity contribution in [2.75, 3.05) is 11.9 Å². The number of nitrogens with zero attached hydrogens (tertiary/aromatic N) is 3. The van der Waals surface area contributed by atoms with E-state index < -0.39 is 0 Å². The number of fused-ring (bicyclic) bond motifs is 1. The molecule has 0 aliphatic carbocycles. The molecule has 0 spiro atoms. The van der Waals surface area contributed by atoms with Crippen molar-refractivity contribution in [3.63, 3.8) is 0 Å². The number of hydrogen-bond acceptors (Lipinski definition) is 3. The Labute approximate surface area is 88.0 Å². The third-order valence-corrected chi connectivity index (χ3v) is 2.72. The standard InChI is InChI=1S/C11H12N4/c1-15-11-8(5-7-13-11)10(14-15)9-4-2-3-6-12-9/h2-4,6,13H,5,7H2,1H3. The molecule has 4 heteroatoms. The molecule has 0 atom stereocenters. The highest BCUT2D eigenvalue weighted by Gasteiger charge is 2.21. The van der Waals surface area contributed by atoms with Crippen molar-refractivity contribution in [3.8, 4) is 11.4 Å². The molecule has 0 aromatic carbocycles. The van der Waals surface area contributed by atoms with Crippen molar-refractivity contribution in [1.82, 2.24) is 14.8 Å². The maximum Gasteiger partial charge on any atom is 0.127 e. The summed E-state index contributed by atoms with van der Waals surface area (Å²) in [6.45, 7) is 1.00. The molecule has 0 fully saturated rings. The van der Waals surface area contributed by atoms with Crippen LogP contribution in [0.2, 0.25) is 0 Å². The van der Waals surface area contributed by atoms with E-state index in [1.807, 2.05) is 29.9 Å². The lowest BCUT2D eigenvalue weighted by Crippen LogP contribution is -2.01. The first-order valence-corrected chi connectivity index (χ1v) is 5.07. The fraction of sp³-hybridized carbons (Fsp3) is 0.273. The van der Waals surface area contributed by atoms with Gasteiger partial charge in [-0.15, -0.1) is 0 Å². The van der Waals surface area contributed by atoms with Gasteiger partial charge in [-0.25, -0.2) is 0 Å². The molecule has 0 saturated heterocycles. The summed E-state index contributed by atoms with van der Waals surface area (Å²) in [7, 11) is 1.96. The average molecular weight is 200 g/mol. The van der Waals surface area contributed by atoms with Crippen molar-refractivity contribution >= 4 is 5.82 Å². The van der Waals surface area contributed by atoms with Gasteiger partial charge in [0.25, 0.3) is 0 Å². The van der Waals surface area contributed by atoms with Gasteiger partial charge in [-0.05, 0) is 18.6 Å². The van der Waals surface area contributed by atoms with Crippen LogP contribution in [0.5, 0.6) is 0 Å². The van der Waals surface area contributed by atoms with Crippen LogP contribution < -0.4 is 5.32 Å². The molecule has 1 N–H and O–H groups in total. The van der Waals surface area contributed by atoms with E-state index in [9.17, 15) is 0 Å². The minimum absolute atomic E-state index is 0.957. The molecule has 0 unspecified atom stereocenters. The summed E-state index contributed by atoms with van der Waals surface area (Å²) in [6.07, 6.45) is 2.84. The quantitative estimate of drug-likeness (QED) is 0.757. The van der Waals surface area contributed by atoms with Gasteiger partial charge in [-0.2, -0.15) is 5.10 Å². The Hall–Kier alpha value is -1.84. The van der Waals surface area contributed by atoms with Gasteiger partial charge in [0.15, 0.2) is 0 Å². The van der Waals surface area contributed by atoms with Gasteiger partial charge in [-0.1, -0.05) is 6.07 Å². The van der Waals surface area contributed by atoms with E-state index in [1.54, 1.807) is 6.20 Å². The number of pyridine rings is 1. The van der Waals surface area contributed by atoms with Crippen LogP contribution in [0.3, 0.4) is 0 Å². The minimum atomic E-state index is 0.957. The van der Waals surface area contributed by atoms with E-state index in [0.29, 0.717) is 0 Å². The molecule has 76 valence electrons. The molecule has 0 amide bonds. The fourth-order valence-electron chi connectivity index (χ4n) is 2.04. The highest BCUT2D eigenvalue weighted by molar-refractivity contribution is 5.68. The van der Waals surface area contributed by atoms with Gasteiger partial charge in [-0.3, -0.25) is 9.67 Å². The minimum Gasteiger partial charge on any atom is -0.370 e. The number of aryl methyl sites for hydroxylation is 1. The van der Waals surface area contributed by atoms with E-state index in [2.05, 4.69) is 15.4 Å². The van der Waals surface area contributed by atoms with Gasteiger partial charge >= 0.3 is 0 Å².